The molecule has 0 aliphatic heterocycles. The molecule has 0 fully saturated rings. The van der Waals surface area contributed by atoms with E-state index in [9.17, 15) is 0 Å². The predicted molar refractivity (Wildman–Crippen MR) is 77.0 cm³/mol. The van der Waals surface area contributed by atoms with Gasteiger partial charge in [-0.25, -0.2) is 0 Å². The second kappa shape index (κ2) is 5.02. The van der Waals surface area contributed by atoms with Gasteiger partial charge in [-0.3, -0.25) is 4.98 Å². The van der Waals surface area contributed by atoms with Gasteiger partial charge >= 0.3 is 0 Å². The van der Waals surface area contributed by atoms with Crippen LogP contribution in [0.5, 0.6) is 0 Å². The van der Waals surface area contributed by atoms with Crippen LogP contribution in [0, 0.1) is 6.92 Å². The Morgan fingerprint density at radius 1 is 1.25 bits per heavy atom. The molecule has 5 heteroatoms. The number of hydrogen-bond donors (Lipinski definition) is 1. The average molecular weight is 268 g/mol. The first kappa shape index (κ1) is 12.7. The Balaban J connectivity index is 2.16. The number of fused-ring (bicyclic) bond motifs is 1. The van der Waals surface area contributed by atoms with Crippen molar-refractivity contribution in [3.63, 3.8) is 0 Å². The van der Waals surface area contributed by atoms with Crippen LogP contribution in [-0.2, 0) is 0 Å². The molecule has 0 aliphatic carbocycles. The van der Waals surface area contributed by atoms with Gasteiger partial charge in [-0.05, 0) is 25.5 Å². The molecule has 0 spiro atoms. The van der Waals surface area contributed by atoms with Crippen molar-refractivity contribution in [3.8, 4) is 11.5 Å². The van der Waals surface area contributed by atoms with Gasteiger partial charge in [0.25, 0.3) is 5.89 Å². The summed E-state index contributed by atoms with van der Waals surface area (Å²) in [5, 5.41) is 4.97. The van der Waals surface area contributed by atoms with Crippen molar-refractivity contribution in [2.45, 2.75) is 26.3 Å². The van der Waals surface area contributed by atoms with Gasteiger partial charge < -0.3 is 10.3 Å². The van der Waals surface area contributed by atoms with Crippen LogP contribution in [0.1, 0.15) is 30.9 Å². The van der Waals surface area contributed by atoms with Crippen molar-refractivity contribution in [2.24, 2.45) is 5.73 Å². The average Bonchev–Trinajstić information content (AvgIpc) is 2.95. The normalized spacial score (nSPS) is 12.8. The third-order valence-electron chi connectivity index (χ3n) is 3.29. The van der Waals surface area contributed by atoms with Crippen LogP contribution in [0.3, 0.4) is 0 Å². The summed E-state index contributed by atoms with van der Waals surface area (Å²) in [6.07, 6.45) is 0.773. The molecule has 1 atom stereocenters. The molecular formula is C15H16N4O. The minimum Gasteiger partial charge on any atom is -0.334 e. The van der Waals surface area contributed by atoms with E-state index in [1.165, 1.54) is 0 Å². The zero-order valence-corrected chi connectivity index (χ0v) is 11.5. The monoisotopic (exact) mass is 268 g/mol. The second-order valence-electron chi connectivity index (χ2n) is 4.80. The highest BCUT2D eigenvalue weighted by Gasteiger charge is 2.16. The van der Waals surface area contributed by atoms with E-state index in [0.717, 1.165) is 28.6 Å². The smallest absolute Gasteiger partial charge is 0.258 e. The lowest BCUT2D eigenvalue weighted by molar-refractivity contribution is 0.415. The molecule has 3 aromatic rings. The number of nitrogens with two attached hydrogens (primary N) is 1. The molecule has 2 N–H and O–H groups in total. The van der Waals surface area contributed by atoms with Crippen LogP contribution < -0.4 is 5.73 Å². The van der Waals surface area contributed by atoms with E-state index in [1.54, 1.807) is 0 Å². The van der Waals surface area contributed by atoms with Crippen molar-refractivity contribution in [1.29, 1.82) is 0 Å². The maximum Gasteiger partial charge on any atom is 0.258 e. The lowest BCUT2D eigenvalue weighted by atomic mass is 10.1. The van der Waals surface area contributed by atoms with Crippen LogP contribution in [0.15, 0.2) is 34.9 Å². The Labute approximate surface area is 116 Å². The number of nitrogens with zero attached hydrogens (tertiary/aromatic N) is 3. The summed E-state index contributed by atoms with van der Waals surface area (Å²) in [6.45, 7) is 3.94. The lowest BCUT2D eigenvalue weighted by Crippen LogP contribution is -2.10. The SMILES string of the molecule is CCC(N)c1noc(-c2cc(C)nc3ccccc23)n1. The van der Waals surface area contributed by atoms with E-state index in [-0.39, 0.29) is 6.04 Å². The second-order valence-corrected chi connectivity index (χ2v) is 4.80. The summed E-state index contributed by atoms with van der Waals surface area (Å²) in [6, 6.07) is 9.67. The standard InChI is InChI=1S/C15H16N4O/c1-3-12(16)14-18-15(20-19-14)11-8-9(2)17-13-7-5-4-6-10(11)13/h4-8,12H,3,16H2,1-2H3. The van der Waals surface area contributed by atoms with Crippen molar-refractivity contribution in [3.05, 3.63) is 41.9 Å². The third-order valence-corrected chi connectivity index (χ3v) is 3.29. The first-order valence-corrected chi connectivity index (χ1v) is 6.65. The molecule has 0 amide bonds. The fourth-order valence-corrected chi connectivity index (χ4v) is 2.16. The molecule has 1 unspecified atom stereocenters. The largest absolute Gasteiger partial charge is 0.334 e. The maximum atomic E-state index is 5.93. The minimum absolute atomic E-state index is 0.193. The van der Waals surface area contributed by atoms with Gasteiger partial charge in [0.15, 0.2) is 5.82 Å². The van der Waals surface area contributed by atoms with E-state index in [4.69, 9.17) is 10.3 Å². The highest BCUT2D eigenvalue weighted by Crippen LogP contribution is 2.28. The van der Waals surface area contributed by atoms with Gasteiger partial charge in [-0.2, -0.15) is 4.98 Å². The van der Waals surface area contributed by atoms with Crippen LogP contribution in [-0.4, -0.2) is 15.1 Å². The molecule has 0 saturated heterocycles. The number of aryl methyl sites for hydroxylation is 1. The zero-order chi connectivity index (χ0) is 14.1. The fourth-order valence-electron chi connectivity index (χ4n) is 2.16. The zero-order valence-electron chi connectivity index (χ0n) is 11.5. The molecule has 0 saturated carbocycles. The van der Waals surface area contributed by atoms with Gasteiger partial charge in [0.05, 0.1) is 17.1 Å². The number of hydrogen-bond acceptors (Lipinski definition) is 5. The number of rotatable bonds is 3. The molecule has 2 aromatic heterocycles. The Morgan fingerprint density at radius 3 is 2.85 bits per heavy atom. The van der Waals surface area contributed by atoms with Gasteiger partial charge in [-0.1, -0.05) is 30.3 Å². The van der Waals surface area contributed by atoms with E-state index in [1.807, 2.05) is 44.2 Å². The summed E-state index contributed by atoms with van der Waals surface area (Å²) in [7, 11) is 0. The summed E-state index contributed by atoms with van der Waals surface area (Å²) in [5.41, 5.74) is 8.66. The summed E-state index contributed by atoms with van der Waals surface area (Å²) >= 11 is 0. The quantitative estimate of drug-likeness (QED) is 0.790. The summed E-state index contributed by atoms with van der Waals surface area (Å²) in [5.74, 6) is 1.03. The van der Waals surface area contributed by atoms with Crippen LogP contribution in [0.4, 0.5) is 0 Å². The lowest BCUT2D eigenvalue weighted by Gasteiger charge is -2.03. The third kappa shape index (κ3) is 2.16. The maximum absolute atomic E-state index is 5.93. The summed E-state index contributed by atoms with van der Waals surface area (Å²) < 4.78 is 5.37. The highest BCUT2D eigenvalue weighted by molar-refractivity contribution is 5.92. The Kier molecular flexibility index (Phi) is 3.20. The predicted octanol–water partition coefficient (Wildman–Crippen LogP) is 3.00. The molecule has 5 nitrogen and oxygen atoms in total. The van der Waals surface area contributed by atoms with Crippen molar-refractivity contribution < 1.29 is 4.52 Å². The summed E-state index contributed by atoms with van der Waals surface area (Å²) in [4.78, 5) is 8.92. The molecule has 0 radical (unpaired) electrons. The van der Waals surface area contributed by atoms with Crippen LogP contribution >= 0.6 is 0 Å². The topological polar surface area (TPSA) is 77.8 Å². The van der Waals surface area contributed by atoms with E-state index >= 15 is 0 Å². The Bertz CT molecular complexity index is 750. The van der Waals surface area contributed by atoms with Crippen molar-refractivity contribution >= 4 is 10.9 Å². The van der Waals surface area contributed by atoms with Gasteiger partial charge in [0.2, 0.25) is 0 Å². The Hall–Kier alpha value is -2.27. The molecule has 0 aliphatic rings. The Morgan fingerprint density at radius 2 is 2.05 bits per heavy atom. The number of benzene rings is 1. The molecule has 3 rings (SSSR count). The van der Waals surface area contributed by atoms with Crippen LogP contribution in [0.25, 0.3) is 22.4 Å². The van der Waals surface area contributed by atoms with E-state index in [2.05, 4.69) is 15.1 Å². The number of pyridine rings is 1. The van der Waals surface area contributed by atoms with Crippen molar-refractivity contribution in [2.75, 3.05) is 0 Å². The molecule has 20 heavy (non-hydrogen) atoms. The first-order chi connectivity index (χ1) is 9.69. The van der Waals surface area contributed by atoms with E-state index in [0.29, 0.717) is 11.7 Å². The molecule has 1 aromatic carbocycles. The highest BCUT2D eigenvalue weighted by atomic mass is 16.5. The van der Waals surface area contributed by atoms with Crippen LogP contribution in [0.2, 0.25) is 0 Å². The molecule has 2 heterocycles. The van der Waals surface area contributed by atoms with Crippen molar-refractivity contribution in [1.82, 2.24) is 15.1 Å². The molecule has 102 valence electrons. The molecule has 0 bridgehead atoms. The number of aromatic nitrogens is 3. The fraction of sp³-hybridized carbons (Fsp3) is 0.267. The van der Waals surface area contributed by atoms with Gasteiger partial charge in [0.1, 0.15) is 0 Å². The molecular weight excluding hydrogens is 252 g/mol. The van der Waals surface area contributed by atoms with E-state index < -0.39 is 0 Å². The van der Waals surface area contributed by atoms with Gasteiger partial charge in [-0.15, -0.1) is 0 Å². The number of para-hydroxylation sites is 1. The first-order valence-electron chi connectivity index (χ1n) is 6.65. The van der Waals surface area contributed by atoms with Gasteiger partial charge in [0, 0.05) is 11.1 Å². The minimum atomic E-state index is -0.193.